The third-order valence-corrected chi connectivity index (χ3v) is 4.98. The number of nitrogens with zero attached hydrogens (tertiary/aromatic N) is 2. The highest BCUT2D eigenvalue weighted by molar-refractivity contribution is 6.03. The van der Waals surface area contributed by atoms with E-state index in [2.05, 4.69) is 6.92 Å². The molecular weight excluding hydrogens is 312 g/mol. The van der Waals surface area contributed by atoms with E-state index in [1.807, 2.05) is 63.2 Å². The van der Waals surface area contributed by atoms with Crippen LogP contribution in [0.2, 0.25) is 0 Å². The Morgan fingerprint density at radius 3 is 2.44 bits per heavy atom. The third-order valence-electron chi connectivity index (χ3n) is 4.98. The normalized spacial score (nSPS) is 17.8. The smallest absolute Gasteiger partial charge is 0.254 e. The number of aryl methyl sites for hydroxylation is 3. The maximum absolute atomic E-state index is 12.9. The van der Waals surface area contributed by atoms with E-state index in [9.17, 15) is 9.59 Å². The first-order valence-corrected chi connectivity index (χ1v) is 8.65. The van der Waals surface area contributed by atoms with Gasteiger partial charge in [-0.1, -0.05) is 23.8 Å². The molecule has 1 aliphatic heterocycles. The van der Waals surface area contributed by atoms with Crippen molar-refractivity contribution in [3.8, 4) is 0 Å². The summed E-state index contributed by atoms with van der Waals surface area (Å²) >= 11 is 0. The first kappa shape index (κ1) is 17.2. The van der Waals surface area contributed by atoms with Gasteiger partial charge >= 0.3 is 0 Å². The van der Waals surface area contributed by atoms with Gasteiger partial charge in [0.25, 0.3) is 5.91 Å². The van der Waals surface area contributed by atoms with E-state index in [0.29, 0.717) is 18.7 Å². The molecule has 2 aromatic rings. The van der Waals surface area contributed by atoms with Crippen molar-refractivity contribution in [1.82, 2.24) is 4.90 Å². The summed E-state index contributed by atoms with van der Waals surface area (Å²) < 4.78 is 0. The Labute approximate surface area is 149 Å². The van der Waals surface area contributed by atoms with Gasteiger partial charge in [0.15, 0.2) is 0 Å². The molecule has 1 aliphatic rings. The zero-order valence-corrected chi connectivity index (χ0v) is 15.2. The maximum Gasteiger partial charge on any atom is 0.254 e. The second kappa shape index (κ2) is 6.71. The van der Waals surface area contributed by atoms with E-state index in [-0.39, 0.29) is 11.8 Å². The number of rotatable bonds is 2. The van der Waals surface area contributed by atoms with Crippen molar-refractivity contribution in [2.75, 3.05) is 18.0 Å². The highest BCUT2D eigenvalue weighted by Gasteiger charge is 2.35. The van der Waals surface area contributed by atoms with Gasteiger partial charge in [0.1, 0.15) is 6.04 Å². The van der Waals surface area contributed by atoms with Crippen LogP contribution >= 0.6 is 0 Å². The largest absolute Gasteiger partial charge is 0.325 e. The molecule has 0 saturated carbocycles. The number of anilines is 1. The number of benzene rings is 2. The fourth-order valence-corrected chi connectivity index (χ4v) is 3.24. The van der Waals surface area contributed by atoms with Crippen LogP contribution in [0.3, 0.4) is 0 Å². The predicted octanol–water partition coefficient (Wildman–Crippen LogP) is 3.49. The average molecular weight is 336 g/mol. The quantitative estimate of drug-likeness (QED) is 0.842. The lowest BCUT2D eigenvalue weighted by atomic mass is 10.1. The van der Waals surface area contributed by atoms with Gasteiger partial charge in [0.05, 0.1) is 0 Å². The van der Waals surface area contributed by atoms with Crippen LogP contribution in [-0.4, -0.2) is 35.8 Å². The summed E-state index contributed by atoms with van der Waals surface area (Å²) in [6, 6.07) is 13.1. The summed E-state index contributed by atoms with van der Waals surface area (Å²) in [6.07, 6.45) is 0. The van der Waals surface area contributed by atoms with Crippen LogP contribution in [0, 0.1) is 20.8 Å². The van der Waals surface area contributed by atoms with Crippen LogP contribution in [0.15, 0.2) is 42.5 Å². The first-order chi connectivity index (χ1) is 11.9. The van der Waals surface area contributed by atoms with Crippen LogP contribution in [0.4, 0.5) is 5.69 Å². The topological polar surface area (TPSA) is 40.6 Å². The monoisotopic (exact) mass is 336 g/mol. The molecule has 0 spiro atoms. The SMILES string of the molecule is Cc1cccc(C(=O)N2CCN(c3ccc(C)c(C)c3)C(=O)C2C)c1. The number of amides is 2. The zero-order chi connectivity index (χ0) is 18.1. The van der Waals surface area contributed by atoms with Gasteiger partial charge in [0, 0.05) is 24.3 Å². The molecule has 2 aromatic carbocycles. The van der Waals surface area contributed by atoms with Crippen molar-refractivity contribution in [3.05, 3.63) is 64.7 Å². The molecule has 1 fully saturated rings. The van der Waals surface area contributed by atoms with E-state index in [0.717, 1.165) is 16.8 Å². The molecule has 2 amide bonds. The van der Waals surface area contributed by atoms with E-state index in [1.165, 1.54) is 5.56 Å². The summed E-state index contributed by atoms with van der Waals surface area (Å²) in [5.74, 6) is -0.111. The Morgan fingerprint density at radius 2 is 1.76 bits per heavy atom. The molecule has 0 bridgehead atoms. The number of carbonyl (C=O) groups excluding carboxylic acids is 2. The molecule has 0 N–H and O–H groups in total. The summed E-state index contributed by atoms with van der Waals surface area (Å²) in [5, 5.41) is 0. The fraction of sp³-hybridized carbons (Fsp3) is 0.333. The van der Waals surface area contributed by atoms with Crippen molar-refractivity contribution < 1.29 is 9.59 Å². The zero-order valence-electron chi connectivity index (χ0n) is 15.2. The van der Waals surface area contributed by atoms with Crippen LogP contribution < -0.4 is 4.90 Å². The lowest BCUT2D eigenvalue weighted by Gasteiger charge is -2.39. The fourth-order valence-electron chi connectivity index (χ4n) is 3.24. The molecule has 0 aliphatic carbocycles. The number of piperazine rings is 1. The predicted molar refractivity (Wildman–Crippen MR) is 99.9 cm³/mol. The number of hydrogen-bond donors (Lipinski definition) is 0. The third kappa shape index (κ3) is 3.29. The van der Waals surface area contributed by atoms with Gasteiger partial charge in [0.2, 0.25) is 5.91 Å². The lowest BCUT2D eigenvalue weighted by Crippen LogP contribution is -2.57. The van der Waals surface area contributed by atoms with Crippen molar-refractivity contribution in [1.29, 1.82) is 0 Å². The van der Waals surface area contributed by atoms with Crippen molar-refractivity contribution in [2.24, 2.45) is 0 Å². The number of hydrogen-bond acceptors (Lipinski definition) is 2. The average Bonchev–Trinajstić information content (AvgIpc) is 2.59. The highest BCUT2D eigenvalue weighted by Crippen LogP contribution is 2.24. The minimum absolute atomic E-state index is 0.0319. The summed E-state index contributed by atoms with van der Waals surface area (Å²) in [5.41, 5.74) is 4.95. The van der Waals surface area contributed by atoms with Gasteiger partial charge in [-0.2, -0.15) is 0 Å². The van der Waals surface area contributed by atoms with Crippen LogP contribution in [-0.2, 0) is 4.79 Å². The van der Waals surface area contributed by atoms with E-state index in [1.54, 1.807) is 9.80 Å². The van der Waals surface area contributed by atoms with Crippen molar-refractivity contribution >= 4 is 17.5 Å². The van der Waals surface area contributed by atoms with E-state index < -0.39 is 6.04 Å². The highest BCUT2D eigenvalue weighted by atomic mass is 16.2. The Kier molecular flexibility index (Phi) is 4.62. The molecule has 4 heteroatoms. The Bertz CT molecular complexity index is 828. The van der Waals surface area contributed by atoms with Gasteiger partial charge in [-0.25, -0.2) is 0 Å². The van der Waals surface area contributed by atoms with Crippen molar-refractivity contribution in [2.45, 2.75) is 33.7 Å². The molecule has 25 heavy (non-hydrogen) atoms. The van der Waals surface area contributed by atoms with Gasteiger partial charge in [-0.05, 0) is 63.1 Å². The molecular formula is C21H24N2O2. The second-order valence-corrected chi connectivity index (χ2v) is 6.80. The van der Waals surface area contributed by atoms with Crippen LogP contribution in [0.25, 0.3) is 0 Å². The molecule has 1 heterocycles. The molecule has 1 atom stereocenters. The molecule has 1 saturated heterocycles. The minimum Gasteiger partial charge on any atom is -0.325 e. The second-order valence-electron chi connectivity index (χ2n) is 6.80. The van der Waals surface area contributed by atoms with Crippen LogP contribution in [0.1, 0.15) is 34.0 Å². The molecule has 1 unspecified atom stereocenters. The minimum atomic E-state index is -0.469. The summed E-state index contributed by atoms with van der Waals surface area (Å²) in [4.78, 5) is 29.1. The van der Waals surface area contributed by atoms with Crippen LogP contribution in [0.5, 0.6) is 0 Å². The molecule has 0 aromatic heterocycles. The first-order valence-electron chi connectivity index (χ1n) is 8.65. The summed E-state index contributed by atoms with van der Waals surface area (Å²) in [6.45, 7) is 8.92. The molecule has 3 rings (SSSR count). The molecule has 4 nitrogen and oxygen atoms in total. The van der Waals surface area contributed by atoms with Gasteiger partial charge in [-0.3, -0.25) is 9.59 Å². The molecule has 0 radical (unpaired) electrons. The van der Waals surface area contributed by atoms with E-state index in [4.69, 9.17) is 0 Å². The Balaban J connectivity index is 1.81. The van der Waals surface area contributed by atoms with Gasteiger partial charge in [-0.15, -0.1) is 0 Å². The summed E-state index contributed by atoms with van der Waals surface area (Å²) in [7, 11) is 0. The Morgan fingerprint density at radius 1 is 1.00 bits per heavy atom. The number of carbonyl (C=O) groups is 2. The van der Waals surface area contributed by atoms with Crippen molar-refractivity contribution in [3.63, 3.8) is 0 Å². The standard InChI is InChI=1S/C21H24N2O2/c1-14-6-5-7-18(12-14)21(25)22-10-11-23(20(24)17(22)4)19-9-8-15(2)16(3)13-19/h5-9,12-13,17H,10-11H2,1-4H3. The lowest BCUT2D eigenvalue weighted by molar-refractivity contribution is -0.124. The molecule has 130 valence electrons. The van der Waals surface area contributed by atoms with E-state index >= 15 is 0 Å². The van der Waals surface area contributed by atoms with Gasteiger partial charge < -0.3 is 9.80 Å². The maximum atomic E-state index is 12.9. The Hall–Kier alpha value is -2.62.